The molecule has 2 aromatic heterocycles. The Morgan fingerprint density at radius 3 is 2.58 bits per heavy atom. The second-order valence-electron chi connectivity index (χ2n) is 4.96. The summed E-state index contributed by atoms with van der Waals surface area (Å²) in [5.41, 5.74) is -0.441. The van der Waals surface area contributed by atoms with Gasteiger partial charge in [-0.2, -0.15) is 13.2 Å². The topological polar surface area (TPSA) is 43.4 Å². The number of furan rings is 2. The van der Waals surface area contributed by atoms with E-state index in [1.165, 1.54) is 36.6 Å². The molecular weight excluding hydrogens is 321 g/mol. The van der Waals surface area contributed by atoms with Crippen molar-refractivity contribution in [3.63, 3.8) is 0 Å². The van der Waals surface area contributed by atoms with Gasteiger partial charge >= 0.3 is 6.18 Å². The van der Waals surface area contributed by atoms with Crippen LogP contribution in [0.5, 0.6) is 0 Å². The minimum Gasteiger partial charge on any atom is -0.461 e. The van der Waals surface area contributed by atoms with E-state index >= 15 is 0 Å². The highest BCUT2D eigenvalue weighted by molar-refractivity contribution is 6.04. The van der Waals surface area contributed by atoms with Crippen LogP contribution in [-0.4, -0.2) is 5.78 Å². The molecule has 0 saturated carbocycles. The van der Waals surface area contributed by atoms with E-state index in [1.807, 2.05) is 0 Å². The molecule has 0 bridgehead atoms. The maximum absolute atomic E-state index is 12.7. The Bertz CT molecular complexity index is 871. The van der Waals surface area contributed by atoms with Gasteiger partial charge < -0.3 is 8.83 Å². The van der Waals surface area contributed by atoms with E-state index in [0.717, 1.165) is 12.1 Å². The number of alkyl halides is 3. The molecule has 0 radical (unpaired) electrons. The van der Waals surface area contributed by atoms with Crippen LogP contribution in [0.4, 0.5) is 13.2 Å². The van der Waals surface area contributed by atoms with Crippen LogP contribution in [0, 0.1) is 0 Å². The second kappa shape index (κ2) is 6.23. The Morgan fingerprint density at radius 1 is 1.04 bits per heavy atom. The number of hydrogen-bond donors (Lipinski definition) is 0. The molecule has 0 unspecified atom stereocenters. The van der Waals surface area contributed by atoms with Crippen molar-refractivity contribution in [2.24, 2.45) is 0 Å². The normalized spacial score (nSPS) is 12.0. The molecule has 0 saturated heterocycles. The number of carbonyl (C=O) groups is 1. The zero-order chi connectivity index (χ0) is 17.2. The van der Waals surface area contributed by atoms with Crippen LogP contribution in [0.3, 0.4) is 0 Å². The van der Waals surface area contributed by atoms with E-state index in [-0.39, 0.29) is 17.3 Å². The van der Waals surface area contributed by atoms with E-state index in [1.54, 1.807) is 18.2 Å². The highest BCUT2D eigenvalue weighted by atomic mass is 19.4. The predicted molar refractivity (Wildman–Crippen MR) is 81.2 cm³/mol. The molecule has 24 heavy (non-hydrogen) atoms. The van der Waals surface area contributed by atoms with E-state index in [2.05, 4.69) is 0 Å². The fourth-order valence-corrected chi connectivity index (χ4v) is 2.11. The summed E-state index contributed by atoms with van der Waals surface area (Å²) in [6.07, 6.45) is -0.323. The molecule has 0 atom stereocenters. The lowest BCUT2D eigenvalue weighted by Gasteiger charge is -2.07. The fourth-order valence-electron chi connectivity index (χ4n) is 2.11. The highest BCUT2D eigenvalue weighted by Crippen LogP contribution is 2.32. The molecule has 0 aliphatic carbocycles. The molecule has 3 nitrogen and oxygen atoms in total. The fraction of sp³-hybridized carbons (Fsp3) is 0.0556. The molecule has 3 aromatic rings. The summed E-state index contributed by atoms with van der Waals surface area (Å²) in [4.78, 5) is 11.8. The Morgan fingerprint density at radius 2 is 1.88 bits per heavy atom. The van der Waals surface area contributed by atoms with Crippen LogP contribution in [0.15, 0.2) is 69.7 Å². The molecule has 6 heteroatoms. The lowest BCUT2D eigenvalue weighted by Crippen LogP contribution is -2.04. The Hall–Kier alpha value is -3.02. The van der Waals surface area contributed by atoms with E-state index in [4.69, 9.17) is 8.83 Å². The smallest absolute Gasteiger partial charge is 0.416 e. The third-order valence-electron chi connectivity index (χ3n) is 3.26. The summed E-state index contributed by atoms with van der Waals surface area (Å²) in [6.45, 7) is 0. The van der Waals surface area contributed by atoms with Crippen LogP contribution in [0.1, 0.15) is 21.9 Å². The summed E-state index contributed by atoms with van der Waals surface area (Å²) in [5, 5.41) is 0. The van der Waals surface area contributed by atoms with Gasteiger partial charge in [0.2, 0.25) is 5.78 Å². The van der Waals surface area contributed by atoms with Gasteiger partial charge in [-0.3, -0.25) is 4.79 Å². The lowest BCUT2D eigenvalue weighted by atomic mass is 10.1. The SMILES string of the molecule is O=C(C=Cc1ccc(-c2cccc(C(F)(F)F)c2)o1)c1ccco1. The molecule has 0 N–H and O–H groups in total. The van der Waals surface area contributed by atoms with Gasteiger partial charge in [-0.25, -0.2) is 0 Å². The average Bonchev–Trinajstić information content (AvgIpc) is 3.23. The van der Waals surface area contributed by atoms with Gasteiger partial charge in [0.25, 0.3) is 0 Å². The van der Waals surface area contributed by atoms with Crippen LogP contribution in [0.25, 0.3) is 17.4 Å². The Kier molecular flexibility index (Phi) is 4.12. The number of allylic oxidation sites excluding steroid dienone is 1. The predicted octanol–water partition coefficient (Wildman–Crippen LogP) is 5.45. The third kappa shape index (κ3) is 3.48. The Labute approximate surface area is 135 Å². The summed E-state index contributed by atoms with van der Waals surface area (Å²) in [6, 6.07) is 11.1. The number of carbonyl (C=O) groups excluding carboxylic acids is 1. The zero-order valence-electron chi connectivity index (χ0n) is 12.2. The van der Waals surface area contributed by atoms with Gasteiger partial charge in [0.1, 0.15) is 11.5 Å². The number of halogens is 3. The van der Waals surface area contributed by atoms with Crippen molar-refractivity contribution < 1.29 is 26.8 Å². The minimum absolute atomic E-state index is 0.191. The first-order valence-corrected chi connectivity index (χ1v) is 6.97. The number of hydrogen-bond acceptors (Lipinski definition) is 3. The standard InChI is InChI=1S/C18H11F3O3/c19-18(20,21)13-4-1-3-12(11-13)16-9-7-14(24-16)6-8-15(22)17-5-2-10-23-17/h1-11H. The molecular formula is C18H11F3O3. The van der Waals surface area contributed by atoms with Gasteiger partial charge in [0, 0.05) is 5.56 Å². The molecule has 0 aliphatic rings. The third-order valence-corrected chi connectivity index (χ3v) is 3.26. The maximum atomic E-state index is 12.7. The van der Waals surface area contributed by atoms with Crippen molar-refractivity contribution in [3.8, 4) is 11.3 Å². The first-order chi connectivity index (χ1) is 11.4. The van der Waals surface area contributed by atoms with Crippen molar-refractivity contribution >= 4 is 11.9 Å². The van der Waals surface area contributed by atoms with Crippen LogP contribution in [0.2, 0.25) is 0 Å². The highest BCUT2D eigenvalue weighted by Gasteiger charge is 2.30. The van der Waals surface area contributed by atoms with Crippen molar-refractivity contribution in [2.75, 3.05) is 0 Å². The quantitative estimate of drug-likeness (QED) is 0.471. The van der Waals surface area contributed by atoms with E-state index < -0.39 is 11.7 Å². The van der Waals surface area contributed by atoms with Gasteiger partial charge in [0.15, 0.2) is 5.76 Å². The van der Waals surface area contributed by atoms with Crippen molar-refractivity contribution in [2.45, 2.75) is 6.18 Å². The zero-order valence-corrected chi connectivity index (χ0v) is 12.2. The summed E-state index contributed by atoms with van der Waals surface area (Å²) in [7, 11) is 0. The lowest BCUT2D eigenvalue weighted by molar-refractivity contribution is -0.137. The summed E-state index contributed by atoms with van der Waals surface area (Å²) in [5.74, 6) is 0.487. The molecule has 2 heterocycles. The summed E-state index contributed by atoms with van der Waals surface area (Å²) < 4.78 is 48.7. The number of ketones is 1. The largest absolute Gasteiger partial charge is 0.461 e. The van der Waals surface area contributed by atoms with Crippen LogP contribution >= 0.6 is 0 Å². The molecule has 0 fully saturated rings. The molecule has 1 aromatic carbocycles. The molecule has 0 aliphatic heterocycles. The van der Waals surface area contributed by atoms with Gasteiger partial charge in [-0.05, 0) is 48.6 Å². The van der Waals surface area contributed by atoms with Crippen LogP contribution < -0.4 is 0 Å². The van der Waals surface area contributed by atoms with E-state index in [9.17, 15) is 18.0 Å². The first kappa shape index (κ1) is 15.9. The van der Waals surface area contributed by atoms with Crippen molar-refractivity contribution in [1.29, 1.82) is 0 Å². The Balaban J connectivity index is 1.80. The van der Waals surface area contributed by atoms with Gasteiger partial charge in [-0.1, -0.05) is 12.1 Å². The minimum atomic E-state index is -4.42. The number of benzene rings is 1. The monoisotopic (exact) mass is 332 g/mol. The maximum Gasteiger partial charge on any atom is 0.416 e. The molecule has 3 rings (SSSR count). The van der Waals surface area contributed by atoms with Crippen molar-refractivity contribution in [3.05, 3.63) is 78.0 Å². The summed E-state index contributed by atoms with van der Waals surface area (Å²) >= 11 is 0. The van der Waals surface area contributed by atoms with Gasteiger partial charge in [-0.15, -0.1) is 0 Å². The molecule has 0 amide bonds. The second-order valence-corrected chi connectivity index (χ2v) is 4.96. The average molecular weight is 332 g/mol. The molecule has 122 valence electrons. The first-order valence-electron chi connectivity index (χ1n) is 6.97. The van der Waals surface area contributed by atoms with Gasteiger partial charge in [0.05, 0.1) is 11.8 Å². The number of rotatable bonds is 4. The molecule has 0 spiro atoms. The van der Waals surface area contributed by atoms with Crippen molar-refractivity contribution in [1.82, 2.24) is 0 Å². The van der Waals surface area contributed by atoms with E-state index in [0.29, 0.717) is 11.3 Å². The van der Waals surface area contributed by atoms with Crippen LogP contribution in [-0.2, 0) is 6.18 Å².